The van der Waals surface area contributed by atoms with Crippen molar-refractivity contribution in [1.82, 2.24) is 0 Å². The summed E-state index contributed by atoms with van der Waals surface area (Å²) in [5.41, 5.74) is 0. The first-order valence-corrected chi connectivity index (χ1v) is 6.40. The highest BCUT2D eigenvalue weighted by molar-refractivity contribution is 5.86. The number of carbonyl (C=O) groups excluding carboxylic acids is 1. The minimum Gasteiger partial charge on any atom is -0.454 e. The summed E-state index contributed by atoms with van der Waals surface area (Å²) in [4.78, 5) is 11.9. The smallest absolute Gasteiger partial charge is 0.374 e. The third kappa shape index (κ3) is 3.25. The van der Waals surface area contributed by atoms with Crippen molar-refractivity contribution in [3.05, 3.63) is 23.7 Å². The fourth-order valence-electron chi connectivity index (χ4n) is 2.11. The first-order valence-electron chi connectivity index (χ1n) is 6.40. The molecule has 118 valence electrons. The molecule has 0 radical (unpaired) electrons. The van der Waals surface area contributed by atoms with E-state index >= 15 is 0 Å². The lowest BCUT2D eigenvalue weighted by Gasteiger charge is -2.40. The molecule has 0 unspecified atom stereocenters. The molecule has 1 saturated heterocycles. The van der Waals surface area contributed by atoms with E-state index in [9.17, 15) is 15.0 Å². The van der Waals surface area contributed by atoms with Crippen LogP contribution in [0, 0.1) is 6.92 Å². The standard InChI is InChI=1S/C13H18O8/c1-6-3-4-7(19-6)12(17)21-11-9(15)8(5-14)20-13(18-2)10(11)16/h3-4,8-11,13-16H,5H2,1-2H3/t8-,9-,10-,11+,13+/m1/s1. The monoisotopic (exact) mass is 302 g/mol. The van der Waals surface area contributed by atoms with Crippen molar-refractivity contribution in [2.45, 2.75) is 37.6 Å². The van der Waals surface area contributed by atoms with E-state index in [1.807, 2.05) is 0 Å². The van der Waals surface area contributed by atoms with Crippen LogP contribution in [-0.4, -0.2) is 65.7 Å². The highest BCUT2D eigenvalue weighted by Gasteiger charge is 2.47. The Morgan fingerprint density at radius 2 is 2.05 bits per heavy atom. The Morgan fingerprint density at radius 3 is 2.57 bits per heavy atom. The predicted molar refractivity (Wildman–Crippen MR) is 67.4 cm³/mol. The molecule has 0 aromatic carbocycles. The lowest BCUT2D eigenvalue weighted by Crippen LogP contribution is -2.60. The maximum atomic E-state index is 11.9. The van der Waals surface area contributed by atoms with Crippen LogP contribution in [0.15, 0.2) is 16.5 Å². The van der Waals surface area contributed by atoms with Crippen LogP contribution in [0.1, 0.15) is 16.3 Å². The highest BCUT2D eigenvalue weighted by atomic mass is 16.7. The molecular formula is C13H18O8. The molecule has 0 spiro atoms. The van der Waals surface area contributed by atoms with Crippen molar-refractivity contribution in [3.8, 4) is 0 Å². The zero-order valence-corrected chi connectivity index (χ0v) is 11.6. The Morgan fingerprint density at radius 1 is 1.33 bits per heavy atom. The molecule has 2 rings (SSSR count). The van der Waals surface area contributed by atoms with Gasteiger partial charge in [0.25, 0.3) is 0 Å². The Balaban J connectivity index is 2.13. The van der Waals surface area contributed by atoms with Crippen molar-refractivity contribution < 1.29 is 38.7 Å². The van der Waals surface area contributed by atoms with Gasteiger partial charge in [0.1, 0.15) is 24.1 Å². The van der Waals surface area contributed by atoms with Crippen LogP contribution < -0.4 is 0 Å². The van der Waals surface area contributed by atoms with E-state index in [-0.39, 0.29) is 5.76 Å². The summed E-state index contributed by atoms with van der Waals surface area (Å²) in [7, 11) is 1.29. The second kappa shape index (κ2) is 6.54. The summed E-state index contributed by atoms with van der Waals surface area (Å²) in [5, 5.41) is 29.2. The van der Waals surface area contributed by atoms with Gasteiger partial charge in [0.05, 0.1) is 6.61 Å². The number of aliphatic hydroxyl groups excluding tert-OH is 3. The topological polar surface area (TPSA) is 119 Å². The van der Waals surface area contributed by atoms with Gasteiger partial charge in [-0.15, -0.1) is 0 Å². The molecule has 1 aliphatic rings. The number of methoxy groups -OCH3 is 1. The van der Waals surface area contributed by atoms with Gasteiger partial charge in [0.15, 0.2) is 12.4 Å². The summed E-state index contributed by atoms with van der Waals surface area (Å²) in [6.07, 6.45) is -6.25. The van der Waals surface area contributed by atoms with Crippen molar-refractivity contribution in [1.29, 1.82) is 0 Å². The van der Waals surface area contributed by atoms with Crippen molar-refractivity contribution in [3.63, 3.8) is 0 Å². The molecular weight excluding hydrogens is 284 g/mol. The molecule has 8 heteroatoms. The first kappa shape index (κ1) is 15.9. The van der Waals surface area contributed by atoms with Crippen LogP contribution in [0.4, 0.5) is 0 Å². The van der Waals surface area contributed by atoms with Gasteiger partial charge in [-0.25, -0.2) is 4.79 Å². The SMILES string of the molecule is CO[C@H]1O[C@H](CO)[C@@H](O)[C@H](OC(=O)c2ccc(C)o2)[C@H]1O. The molecule has 1 aliphatic heterocycles. The number of aryl methyl sites for hydroxylation is 1. The largest absolute Gasteiger partial charge is 0.454 e. The lowest BCUT2D eigenvalue weighted by atomic mass is 9.99. The van der Waals surface area contributed by atoms with Gasteiger partial charge in [-0.3, -0.25) is 0 Å². The van der Waals surface area contributed by atoms with Crippen LogP contribution in [-0.2, 0) is 14.2 Å². The zero-order valence-electron chi connectivity index (χ0n) is 11.6. The number of ether oxygens (including phenoxy) is 3. The van der Waals surface area contributed by atoms with Gasteiger partial charge in [0, 0.05) is 7.11 Å². The molecule has 0 aliphatic carbocycles. The van der Waals surface area contributed by atoms with E-state index < -0.39 is 43.3 Å². The molecule has 0 saturated carbocycles. The Hall–Kier alpha value is -1.45. The van der Waals surface area contributed by atoms with Gasteiger partial charge in [-0.2, -0.15) is 0 Å². The van der Waals surface area contributed by atoms with Crippen LogP contribution >= 0.6 is 0 Å². The van der Waals surface area contributed by atoms with Crippen molar-refractivity contribution >= 4 is 5.97 Å². The molecule has 3 N–H and O–H groups in total. The van der Waals surface area contributed by atoms with E-state index in [0.29, 0.717) is 5.76 Å². The quantitative estimate of drug-likeness (QED) is 0.619. The predicted octanol–water partition coefficient (Wildman–Crippen LogP) is -0.801. The molecule has 21 heavy (non-hydrogen) atoms. The third-order valence-electron chi connectivity index (χ3n) is 3.24. The fraction of sp³-hybridized carbons (Fsp3) is 0.615. The second-order valence-electron chi connectivity index (χ2n) is 4.72. The average molecular weight is 302 g/mol. The number of hydrogen-bond acceptors (Lipinski definition) is 8. The summed E-state index contributed by atoms with van der Waals surface area (Å²) in [5.74, 6) is -0.356. The van der Waals surface area contributed by atoms with E-state index in [2.05, 4.69) is 0 Å². The fourth-order valence-corrected chi connectivity index (χ4v) is 2.11. The lowest BCUT2D eigenvalue weighted by molar-refractivity contribution is -0.293. The number of furan rings is 1. The van der Waals surface area contributed by atoms with E-state index in [4.69, 9.17) is 23.7 Å². The summed E-state index contributed by atoms with van der Waals surface area (Å²) < 4.78 is 20.2. The Labute approximate surface area is 120 Å². The van der Waals surface area contributed by atoms with Gasteiger partial charge >= 0.3 is 5.97 Å². The average Bonchev–Trinajstić information content (AvgIpc) is 2.90. The number of hydrogen-bond donors (Lipinski definition) is 3. The summed E-state index contributed by atoms with van der Waals surface area (Å²) in [6, 6.07) is 3.01. The zero-order chi connectivity index (χ0) is 15.6. The highest BCUT2D eigenvalue weighted by Crippen LogP contribution is 2.25. The molecule has 0 amide bonds. The third-order valence-corrected chi connectivity index (χ3v) is 3.24. The number of aliphatic hydroxyl groups is 3. The Kier molecular flexibility index (Phi) is 4.96. The van der Waals surface area contributed by atoms with Crippen LogP contribution in [0.5, 0.6) is 0 Å². The number of esters is 1. The van der Waals surface area contributed by atoms with Crippen LogP contribution in [0.25, 0.3) is 0 Å². The maximum absolute atomic E-state index is 11.9. The minimum absolute atomic E-state index is 0.0482. The first-order chi connectivity index (χ1) is 9.97. The van der Waals surface area contributed by atoms with Gasteiger partial charge in [-0.05, 0) is 19.1 Å². The van der Waals surface area contributed by atoms with Crippen molar-refractivity contribution in [2.24, 2.45) is 0 Å². The normalized spacial score (nSPS) is 32.9. The van der Waals surface area contributed by atoms with Gasteiger partial charge in [0.2, 0.25) is 5.76 Å². The second-order valence-corrected chi connectivity index (χ2v) is 4.72. The number of carbonyl (C=O) groups is 1. The molecule has 1 aromatic heterocycles. The maximum Gasteiger partial charge on any atom is 0.374 e. The number of rotatable bonds is 4. The molecule has 0 bridgehead atoms. The minimum atomic E-state index is -1.40. The van der Waals surface area contributed by atoms with E-state index in [0.717, 1.165) is 0 Å². The Bertz CT molecular complexity index is 468. The van der Waals surface area contributed by atoms with Crippen LogP contribution in [0.3, 0.4) is 0 Å². The van der Waals surface area contributed by atoms with E-state index in [1.54, 1.807) is 13.0 Å². The summed E-state index contributed by atoms with van der Waals surface area (Å²) >= 11 is 0. The molecule has 1 aromatic rings. The molecule has 2 heterocycles. The molecule has 5 atom stereocenters. The van der Waals surface area contributed by atoms with E-state index in [1.165, 1.54) is 13.2 Å². The van der Waals surface area contributed by atoms with Crippen LogP contribution in [0.2, 0.25) is 0 Å². The van der Waals surface area contributed by atoms with Gasteiger partial charge < -0.3 is 33.9 Å². The molecule has 1 fully saturated rings. The summed E-state index contributed by atoms with van der Waals surface area (Å²) in [6.45, 7) is 1.15. The van der Waals surface area contributed by atoms with Gasteiger partial charge in [-0.1, -0.05) is 0 Å². The van der Waals surface area contributed by atoms with Crippen molar-refractivity contribution in [2.75, 3.05) is 13.7 Å². The molecule has 8 nitrogen and oxygen atoms in total.